The molecule has 0 N–H and O–H groups in total. The summed E-state index contributed by atoms with van der Waals surface area (Å²) in [6.45, 7) is 4.64. The van der Waals surface area contributed by atoms with Crippen molar-refractivity contribution in [3.05, 3.63) is 72.3 Å². The second-order valence-electron chi connectivity index (χ2n) is 6.55. The Hall–Kier alpha value is -2.34. The van der Waals surface area contributed by atoms with Gasteiger partial charge in [-0.15, -0.1) is 0 Å². The molecule has 0 aliphatic heterocycles. The van der Waals surface area contributed by atoms with Crippen molar-refractivity contribution in [3.8, 4) is 0 Å². The number of hydrogen-bond donors (Lipinski definition) is 0. The van der Waals surface area contributed by atoms with Crippen molar-refractivity contribution in [3.63, 3.8) is 0 Å². The fourth-order valence-electron chi connectivity index (χ4n) is 3.98. The van der Waals surface area contributed by atoms with Crippen molar-refractivity contribution in [1.29, 1.82) is 0 Å². The molecule has 0 radical (unpaired) electrons. The summed E-state index contributed by atoms with van der Waals surface area (Å²) in [4.78, 5) is 0. The molecule has 1 unspecified atom stereocenters. The zero-order valence-corrected chi connectivity index (χ0v) is 13.8. The minimum absolute atomic E-state index is 0.591. The highest BCUT2D eigenvalue weighted by Crippen LogP contribution is 2.39. The van der Waals surface area contributed by atoms with Gasteiger partial charge in [0, 0.05) is 0 Å². The third-order valence-corrected chi connectivity index (χ3v) is 5.05. The van der Waals surface area contributed by atoms with Crippen LogP contribution in [0.4, 0.5) is 0 Å². The Morgan fingerprint density at radius 1 is 0.652 bits per heavy atom. The van der Waals surface area contributed by atoms with Gasteiger partial charge in [-0.3, -0.25) is 0 Å². The molecule has 0 saturated carbocycles. The Balaban J connectivity index is 2.24. The van der Waals surface area contributed by atoms with E-state index in [1.165, 1.54) is 50.7 Å². The molecule has 0 spiro atoms. The van der Waals surface area contributed by atoms with E-state index < -0.39 is 0 Å². The molecular formula is C23H22. The molecule has 4 rings (SSSR count). The fourth-order valence-corrected chi connectivity index (χ4v) is 3.98. The van der Waals surface area contributed by atoms with E-state index >= 15 is 0 Å². The second-order valence-corrected chi connectivity index (χ2v) is 6.55. The van der Waals surface area contributed by atoms with Crippen LogP contribution in [-0.2, 0) is 0 Å². The highest BCUT2D eigenvalue weighted by molar-refractivity contribution is 6.26. The fraction of sp³-hybridized carbons (Fsp3) is 0.217. The molecule has 4 aromatic carbocycles. The van der Waals surface area contributed by atoms with Gasteiger partial charge >= 0.3 is 0 Å². The molecular weight excluding hydrogens is 276 g/mol. The van der Waals surface area contributed by atoms with Crippen LogP contribution in [0.3, 0.4) is 0 Å². The van der Waals surface area contributed by atoms with Crippen molar-refractivity contribution in [2.75, 3.05) is 0 Å². The van der Waals surface area contributed by atoms with Crippen LogP contribution in [0, 0.1) is 0 Å². The lowest BCUT2D eigenvalue weighted by atomic mass is 9.86. The van der Waals surface area contributed by atoms with Gasteiger partial charge in [0.25, 0.3) is 0 Å². The molecule has 114 valence electrons. The third-order valence-electron chi connectivity index (χ3n) is 5.05. The Morgan fingerprint density at radius 2 is 1.13 bits per heavy atom. The largest absolute Gasteiger partial charge is 0.0654 e. The van der Waals surface area contributed by atoms with Crippen LogP contribution in [0.25, 0.3) is 32.3 Å². The molecule has 0 amide bonds. The number of hydrogen-bond acceptors (Lipinski definition) is 0. The van der Waals surface area contributed by atoms with E-state index in [4.69, 9.17) is 0 Å². The molecule has 0 heterocycles. The smallest absolute Gasteiger partial charge is 0.00641 e. The highest BCUT2D eigenvalue weighted by atomic mass is 14.2. The van der Waals surface area contributed by atoms with Crippen LogP contribution in [0.15, 0.2) is 66.7 Å². The average Bonchev–Trinajstić information content (AvgIpc) is 2.61. The van der Waals surface area contributed by atoms with E-state index in [2.05, 4.69) is 80.6 Å². The molecule has 0 aliphatic rings. The normalized spacial score (nSPS) is 13.0. The topological polar surface area (TPSA) is 0 Å². The van der Waals surface area contributed by atoms with Crippen molar-refractivity contribution < 1.29 is 0 Å². The van der Waals surface area contributed by atoms with Crippen LogP contribution < -0.4 is 0 Å². The van der Waals surface area contributed by atoms with E-state index in [0.29, 0.717) is 5.92 Å². The summed E-state index contributed by atoms with van der Waals surface area (Å²) < 4.78 is 0. The second kappa shape index (κ2) is 5.70. The lowest BCUT2D eigenvalue weighted by Crippen LogP contribution is -1.95. The summed E-state index contributed by atoms with van der Waals surface area (Å²) >= 11 is 0. The summed E-state index contributed by atoms with van der Waals surface area (Å²) in [6, 6.07) is 24.5. The van der Waals surface area contributed by atoms with Gasteiger partial charge in [-0.2, -0.15) is 0 Å². The predicted octanol–water partition coefficient (Wildman–Crippen LogP) is 7.05. The zero-order chi connectivity index (χ0) is 15.8. The minimum Gasteiger partial charge on any atom is -0.0654 e. The first kappa shape index (κ1) is 14.3. The van der Waals surface area contributed by atoms with E-state index in [9.17, 15) is 0 Å². The lowest BCUT2D eigenvalue weighted by molar-refractivity contribution is 0.669. The zero-order valence-electron chi connectivity index (χ0n) is 13.8. The number of benzene rings is 4. The Bertz CT molecular complexity index is 950. The first-order valence-corrected chi connectivity index (χ1v) is 8.63. The standard InChI is InChI=1S/C23H22/c1-3-9-16(2)17-14-8-15-22-20-11-5-4-10-18(20)19-12-6-7-13-21(19)23(17)22/h4-8,10-16H,3,9H2,1-2H3. The molecule has 4 aromatic rings. The van der Waals surface area contributed by atoms with E-state index in [1.807, 2.05) is 0 Å². The third kappa shape index (κ3) is 2.21. The van der Waals surface area contributed by atoms with Crippen molar-refractivity contribution in [2.45, 2.75) is 32.6 Å². The van der Waals surface area contributed by atoms with Crippen molar-refractivity contribution in [2.24, 2.45) is 0 Å². The SMILES string of the molecule is CCCC(C)c1cccc2c3ccccc3c3ccccc3c12. The molecule has 1 atom stereocenters. The van der Waals surface area contributed by atoms with Crippen molar-refractivity contribution >= 4 is 32.3 Å². The van der Waals surface area contributed by atoms with Gasteiger partial charge in [0.15, 0.2) is 0 Å². The molecule has 0 saturated heterocycles. The molecule has 0 heteroatoms. The van der Waals surface area contributed by atoms with Crippen LogP contribution in [0.2, 0.25) is 0 Å². The first-order valence-electron chi connectivity index (χ1n) is 8.63. The molecule has 23 heavy (non-hydrogen) atoms. The van der Waals surface area contributed by atoms with Gasteiger partial charge in [0.1, 0.15) is 0 Å². The molecule has 0 aromatic heterocycles. The van der Waals surface area contributed by atoms with Gasteiger partial charge in [0.05, 0.1) is 0 Å². The van der Waals surface area contributed by atoms with Gasteiger partial charge in [-0.25, -0.2) is 0 Å². The summed E-state index contributed by atoms with van der Waals surface area (Å²) in [7, 11) is 0. The predicted molar refractivity (Wildman–Crippen MR) is 102 cm³/mol. The van der Waals surface area contributed by atoms with Gasteiger partial charge in [0.2, 0.25) is 0 Å². The molecule has 0 aliphatic carbocycles. The van der Waals surface area contributed by atoms with Crippen LogP contribution in [-0.4, -0.2) is 0 Å². The van der Waals surface area contributed by atoms with E-state index in [0.717, 1.165) is 0 Å². The maximum absolute atomic E-state index is 2.36. The number of fused-ring (bicyclic) bond motifs is 6. The van der Waals surface area contributed by atoms with Crippen LogP contribution >= 0.6 is 0 Å². The Morgan fingerprint density at radius 3 is 1.70 bits per heavy atom. The number of rotatable bonds is 3. The lowest BCUT2D eigenvalue weighted by Gasteiger charge is -2.18. The van der Waals surface area contributed by atoms with Gasteiger partial charge < -0.3 is 0 Å². The first-order chi connectivity index (χ1) is 11.3. The Labute approximate surface area is 137 Å². The highest BCUT2D eigenvalue weighted by Gasteiger charge is 2.14. The van der Waals surface area contributed by atoms with Crippen LogP contribution in [0.1, 0.15) is 38.2 Å². The summed E-state index contributed by atoms with van der Waals surface area (Å²) in [6.07, 6.45) is 2.46. The minimum atomic E-state index is 0.591. The van der Waals surface area contributed by atoms with Gasteiger partial charge in [-0.05, 0) is 50.2 Å². The van der Waals surface area contributed by atoms with Gasteiger partial charge in [-0.1, -0.05) is 87.0 Å². The van der Waals surface area contributed by atoms with Crippen molar-refractivity contribution in [1.82, 2.24) is 0 Å². The molecule has 0 fully saturated rings. The monoisotopic (exact) mass is 298 g/mol. The molecule has 0 nitrogen and oxygen atoms in total. The molecule has 0 bridgehead atoms. The quantitative estimate of drug-likeness (QED) is 0.355. The maximum atomic E-state index is 2.36. The maximum Gasteiger partial charge on any atom is -0.00641 e. The summed E-state index contributed by atoms with van der Waals surface area (Å²) in [5.41, 5.74) is 1.49. The van der Waals surface area contributed by atoms with E-state index in [1.54, 1.807) is 0 Å². The van der Waals surface area contributed by atoms with E-state index in [-0.39, 0.29) is 0 Å². The summed E-state index contributed by atoms with van der Waals surface area (Å²) in [5.74, 6) is 0.591. The summed E-state index contributed by atoms with van der Waals surface area (Å²) in [5, 5.41) is 8.32. The average molecular weight is 298 g/mol. The Kier molecular flexibility index (Phi) is 3.53. The van der Waals surface area contributed by atoms with Crippen LogP contribution in [0.5, 0.6) is 0 Å².